The van der Waals surface area contributed by atoms with E-state index < -0.39 is 140 Å². The summed E-state index contributed by atoms with van der Waals surface area (Å²) in [5.41, 5.74) is 3.89. The molecule has 0 bridgehead atoms. The third kappa shape index (κ3) is 18.5. The maximum atomic E-state index is 16.9. The molecule has 9 atom stereocenters. The minimum absolute atomic E-state index is 0.00414. The van der Waals surface area contributed by atoms with Gasteiger partial charge >= 0.3 is 17.6 Å². The summed E-state index contributed by atoms with van der Waals surface area (Å²) in [6.07, 6.45) is -2.81. The molecule has 33 heteroatoms. The molecule has 4 saturated heterocycles. The predicted molar refractivity (Wildman–Crippen MR) is 369 cm³/mol. The molecule has 9 rings (SSSR count). The maximum absolute atomic E-state index is 16.9. The topological polar surface area (TPSA) is 350 Å². The number of ether oxygens (including phenoxy) is 2. The number of halogens is 4. The average Bonchev–Trinajstić information content (AvgIpc) is 1.29. The lowest BCUT2D eigenvalue weighted by atomic mass is 9.86. The fourth-order valence-electron chi connectivity index (χ4n) is 13.5. The Bertz CT molecular complexity index is 3840. The Morgan fingerprint density at radius 3 is 2.09 bits per heavy atom. The molecule has 102 heavy (non-hydrogen) atoms. The molecule has 9 amide bonds. The van der Waals surface area contributed by atoms with Crippen LogP contribution in [-0.2, 0) is 81.2 Å². The number of alkyl halides is 4. The number of nitrogens with zero attached hydrogens (tertiary/aromatic N) is 5. The van der Waals surface area contributed by atoms with Gasteiger partial charge in [0.1, 0.15) is 42.3 Å². The van der Waals surface area contributed by atoms with Crippen molar-refractivity contribution in [3.05, 3.63) is 99.4 Å². The third-order valence-corrected chi connectivity index (χ3v) is 22.7. The van der Waals surface area contributed by atoms with Crippen LogP contribution in [0.3, 0.4) is 0 Å². The zero-order valence-corrected chi connectivity index (χ0v) is 59.8. The fraction of sp³-hybridized carbons (Fsp3) is 0.551. The van der Waals surface area contributed by atoms with E-state index in [1.54, 1.807) is 17.0 Å². The molecule has 4 aromatic rings. The van der Waals surface area contributed by atoms with Gasteiger partial charge < -0.3 is 51.2 Å². The van der Waals surface area contributed by atoms with Crippen LogP contribution in [0, 0.1) is 0 Å². The monoisotopic (exact) mass is 1460 g/mol. The van der Waals surface area contributed by atoms with Crippen LogP contribution < -0.4 is 42.5 Å². The van der Waals surface area contributed by atoms with Crippen LogP contribution in [0.1, 0.15) is 136 Å². The number of anilines is 1. The predicted octanol–water partition coefficient (Wildman–Crippen LogP) is 4.45. The zero-order valence-electron chi connectivity index (χ0n) is 58.1. The lowest BCUT2D eigenvalue weighted by Gasteiger charge is -2.39. The number of nitrogens with one attached hydrogen (secondary N) is 7. The van der Waals surface area contributed by atoms with Gasteiger partial charge in [-0.1, -0.05) is 57.2 Å². The number of rotatable bonds is 29. The van der Waals surface area contributed by atoms with E-state index in [4.69, 9.17) is 15.2 Å². The molecule has 1 aromatic heterocycles. The van der Waals surface area contributed by atoms with Gasteiger partial charge in [0.25, 0.3) is 25.7 Å². The standard InChI is InChI=1S/C69H90F4N13O14PS/c1-8-99-66(96)39(3)80-101(98,81-40(4)67(97)100-9-2)69(72,73)44-17-22-54-42(34-44)35-55(102-54)62(92)78-51-37-83(38-56(70)71)27-25-45-18-20-53(86(45)65(51)95)61(91)76-49(19-23-57(74)87)59(89)77-50(33-41-13-15-43(16-14-41)68(5,6)7)64(94)84-31-29-82(30-32-84)28-26-75-48-12-10-11-46-47(48)36-85(63(46)93)52-21-24-58(88)79-60(52)90/h10-17,22,34-35,39-40,45,49-53,56,75H,8-9,18-21,23-33,36-38H2,1-7H3,(H2,74,87)(H,76,91)(H,77,89)(H,78,92)(H,79,88,90)(H2,80,81,98)/t39-,40+,45-,49+,50+,51+,52?,53+,101?/m1/s1. The fourth-order valence-corrected chi connectivity index (χ4v) is 16.6. The lowest BCUT2D eigenvalue weighted by Crippen LogP contribution is -2.62. The lowest BCUT2D eigenvalue weighted by molar-refractivity contribution is -0.145. The van der Waals surface area contributed by atoms with E-state index in [2.05, 4.69) is 62.4 Å². The van der Waals surface area contributed by atoms with E-state index in [0.29, 0.717) is 37.3 Å². The van der Waals surface area contributed by atoms with Gasteiger partial charge in [-0.05, 0) is 112 Å². The molecule has 554 valence electrons. The van der Waals surface area contributed by atoms with Gasteiger partial charge in [-0.2, -0.15) is 8.78 Å². The zero-order chi connectivity index (χ0) is 74.1. The first-order valence-electron chi connectivity index (χ1n) is 34.3. The van der Waals surface area contributed by atoms with E-state index in [1.165, 1.54) is 40.7 Å². The first-order valence-corrected chi connectivity index (χ1v) is 36.9. The van der Waals surface area contributed by atoms with Gasteiger partial charge in [0, 0.05) is 111 Å². The SMILES string of the molecule is CCOC(=O)[C@H](C)NP(=O)(N[C@H](C)C(=O)OCC)C(F)(F)c1ccc2sc(C(=O)N[C@H]3CN(CC(F)F)CC[C@H]4CC[C@@H](C(=O)N[C@@H](CCC(N)=O)C(=O)N[C@@H](Cc5ccc(C(C)(C)C)cc5)C(=O)N5CCN(CCNc6cccc7c6CN(C6CCC(=O)NC6=O)C7=O)CC5)N4C3=O)cc2c1. The number of thiophene rings is 1. The number of primary amides is 1. The summed E-state index contributed by atoms with van der Waals surface area (Å²) in [5.74, 6) is -7.81. The van der Waals surface area contributed by atoms with Crippen molar-refractivity contribution in [2.75, 3.05) is 77.4 Å². The first kappa shape index (κ1) is 77.7. The number of benzene rings is 3. The largest absolute Gasteiger partial charge is 0.465 e. The Balaban J connectivity index is 0.890. The van der Waals surface area contributed by atoms with E-state index in [0.717, 1.165) is 54.1 Å². The highest BCUT2D eigenvalue weighted by molar-refractivity contribution is 7.60. The van der Waals surface area contributed by atoms with E-state index in [1.807, 2.05) is 30.3 Å². The second-order valence-corrected chi connectivity index (χ2v) is 30.7. The highest BCUT2D eigenvalue weighted by Gasteiger charge is 2.55. The van der Waals surface area contributed by atoms with Crippen LogP contribution in [0.15, 0.2) is 66.7 Å². The van der Waals surface area contributed by atoms with Gasteiger partial charge in [-0.15, -0.1) is 11.3 Å². The Kier molecular flexibility index (Phi) is 25.4. The van der Waals surface area contributed by atoms with E-state index >= 15 is 13.6 Å². The third-order valence-electron chi connectivity index (χ3n) is 19.0. The quantitative estimate of drug-likeness (QED) is 0.0161. The number of carbonyl (C=O) groups excluding carboxylic acids is 11. The second kappa shape index (κ2) is 33.4. The minimum Gasteiger partial charge on any atom is -0.465 e. The number of piperidine rings is 1. The summed E-state index contributed by atoms with van der Waals surface area (Å²) in [5, 5.41) is 18.4. The summed E-state index contributed by atoms with van der Waals surface area (Å²) in [7, 11) is -5.36. The molecular weight excluding hydrogens is 1370 g/mol. The molecule has 0 aliphatic carbocycles. The molecule has 4 fully saturated rings. The number of carbonyl (C=O) groups is 11. The number of esters is 2. The number of hydrogen-bond acceptors (Lipinski definition) is 18. The van der Waals surface area contributed by atoms with Crippen molar-refractivity contribution >= 4 is 99.7 Å². The Hall–Kier alpha value is -8.42. The van der Waals surface area contributed by atoms with Crippen LogP contribution in [0.4, 0.5) is 23.2 Å². The number of amides is 9. The Labute approximate surface area is 592 Å². The normalized spacial score (nSPS) is 21.0. The van der Waals surface area contributed by atoms with Crippen molar-refractivity contribution in [1.29, 1.82) is 0 Å². The minimum atomic E-state index is -5.36. The number of hydrogen-bond donors (Lipinski definition) is 8. The molecule has 5 aliphatic heterocycles. The summed E-state index contributed by atoms with van der Waals surface area (Å²) in [4.78, 5) is 157. The van der Waals surface area contributed by atoms with Gasteiger partial charge in [0.2, 0.25) is 41.4 Å². The van der Waals surface area contributed by atoms with Crippen LogP contribution in [0.25, 0.3) is 10.1 Å². The van der Waals surface area contributed by atoms with Gasteiger partial charge in [0.15, 0.2) is 0 Å². The number of piperazine rings is 1. The first-order chi connectivity index (χ1) is 48.3. The Morgan fingerprint density at radius 1 is 0.794 bits per heavy atom. The van der Waals surface area contributed by atoms with Crippen molar-refractivity contribution in [2.45, 2.75) is 172 Å². The van der Waals surface area contributed by atoms with Crippen LogP contribution in [0.5, 0.6) is 0 Å². The molecule has 9 N–H and O–H groups in total. The molecule has 3 aromatic carbocycles. The van der Waals surface area contributed by atoms with Crippen LogP contribution in [-0.4, -0.2) is 216 Å². The van der Waals surface area contributed by atoms with Crippen molar-refractivity contribution in [2.24, 2.45) is 5.73 Å². The average molecular weight is 1460 g/mol. The van der Waals surface area contributed by atoms with Crippen molar-refractivity contribution in [3.8, 4) is 0 Å². The molecule has 0 radical (unpaired) electrons. The number of imide groups is 1. The summed E-state index contributed by atoms with van der Waals surface area (Å²) in [6.45, 7) is 12.6. The van der Waals surface area contributed by atoms with Crippen molar-refractivity contribution in [3.63, 3.8) is 0 Å². The molecule has 6 heterocycles. The van der Waals surface area contributed by atoms with Crippen molar-refractivity contribution < 1.29 is 84.3 Å². The molecular formula is C69H90F4N13O14PS. The molecule has 2 unspecified atom stereocenters. The summed E-state index contributed by atoms with van der Waals surface area (Å²) in [6, 6.07) is 7.14. The van der Waals surface area contributed by atoms with Gasteiger partial charge in [-0.3, -0.25) is 72.4 Å². The maximum Gasteiger partial charge on any atom is 0.349 e. The van der Waals surface area contributed by atoms with Crippen LogP contribution >= 0.6 is 18.8 Å². The Morgan fingerprint density at radius 2 is 1.46 bits per heavy atom. The number of nitrogens with two attached hydrogens (primary N) is 1. The molecule has 5 aliphatic rings. The smallest absolute Gasteiger partial charge is 0.349 e. The summed E-state index contributed by atoms with van der Waals surface area (Å²) >= 11 is 0.824. The molecule has 0 spiro atoms. The van der Waals surface area contributed by atoms with Gasteiger partial charge in [0.05, 0.1) is 24.6 Å². The van der Waals surface area contributed by atoms with Crippen LogP contribution in [0.2, 0.25) is 0 Å². The van der Waals surface area contributed by atoms with E-state index in [-0.39, 0.29) is 123 Å². The summed E-state index contributed by atoms with van der Waals surface area (Å²) < 4.78 is 86.8. The highest BCUT2D eigenvalue weighted by Crippen LogP contribution is 2.60. The highest BCUT2D eigenvalue weighted by atomic mass is 32.1. The van der Waals surface area contributed by atoms with Gasteiger partial charge in [-0.25, -0.2) is 19.0 Å². The van der Waals surface area contributed by atoms with Crippen molar-refractivity contribution in [1.82, 2.24) is 55.9 Å². The van der Waals surface area contributed by atoms with E-state index in [9.17, 15) is 61.3 Å². The molecule has 27 nitrogen and oxygen atoms in total. The molecule has 0 saturated carbocycles. The second-order valence-electron chi connectivity index (χ2n) is 27.3. The number of fused-ring (bicyclic) bond motifs is 3.